The van der Waals surface area contributed by atoms with Crippen LogP contribution in [-0.4, -0.2) is 53.3 Å². The number of rotatable bonds is 3. The van der Waals surface area contributed by atoms with Gasteiger partial charge in [0.15, 0.2) is 0 Å². The number of morpholine rings is 1. The van der Waals surface area contributed by atoms with E-state index in [-0.39, 0.29) is 23.7 Å². The number of nitrogens with zero attached hydrogens (tertiary/aromatic N) is 5. The minimum absolute atomic E-state index is 0.0289. The molecule has 0 aromatic carbocycles. The molecule has 0 amide bonds. The van der Waals surface area contributed by atoms with Gasteiger partial charge in [0, 0.05) is 26.2 Å². The lowest BCUT2D eigenvalue weighted by atomic mass is 10.00. The maximum atomic E-state index is 11.6. The average molecular weight is 350 g/mol. The highest BCUT2D eigenvalue weighted by atomic mass is 16.6. The first-order valence-electron chi connectivity index (χ1n) is 8.82. The Morgan fingerprint density at radius 2 is 1.72 bits per heavy atom. The van der Waals surface area contributed by atoms with Gasteiger partial charge in [-0.25, -0.2) is 0 Å². The molecule has 0 spiro atoms. The summed E-state index contributed by atoms with van der Waals surface area (Å²) in [6, 6.07) is 0. The van der Waals surface area contributed by atoms with Crippen LogP contribution in [0.1, 0.15) is 33.6 Å². The van der Waals surface area contributed by atoms with E-state index < -0.39 is 4.92 Å². The molecule has 2 aliphatic heterocycles. The number of nitro groups is 1. The normalized spacial score (nSPS) is 25.2. The molecule has 0 saturated carbocycles. The highest BCUT2D eigenvalue weighted by Crippen LogP contribution is 2.35. The van der Waals surface area contributed by atoms with Gasteiger partial charge in [0.05, 0.1) is 17.1 Å². The molecule has 9 nitrogen and oxygen atoms in total. The molecule has 25 heavy (non-hydrogen) atoms. The van der Waals surface area contributed by atoms with Crippen LogP contribution in [0.2, 0.25) is 0 Å². The van der Waals surface area contributed by atoms with Crippen molar-refractivity contribution in [1.82, 2.24) is 9.97 Å². The Bertz CT molecular complexity index is 637. The molecule has 2 N–H and O–H groups in total. The number of ether oxygens (including phenoxy) is 1. The van der Waals surface area contributed by atoms with Crippen LogP contribution in [0, 0.1) is 16.0 Å². The molecule has 2 aliphatic rings. The lowest BCUT2D eigenvalue weighted by molar-refractivity contribution is -0.383. The molecule has 2 saturated heterocycles. The average Bonchev–Trinajstić information content (AvgIpc) is 2.53. The SMILES string of the molecule is CC1CCN(c2nc(N)c([N+](=O)[O-])c(N3CC(C)OC(C)C3)n2)CC1. The number of nitrogens with two attached hydrogens (primary N) is 1. The van der Waals surface area contributed by atoms with Crippen molar-refractivity contribution in [2.24, 2.45) is 5.92 Å². The lowest BCUT2D eigenvalue weighted by Crippen LogP contribution is -2.46. The zero-order valence-corrected chi connectivity index (χ0v) is 15.0. The Labute approximate surface area is 147 Å². The van der Waals surface area contributed by atoms with Crippen molar-refractivity contribution >= 4 is 23.3 Å². The van der Waals surface area contributed by atoms with Crippen molar-refractivity contribution in [2.75, 3.05) is 41.7 Å². The molecule has 0 aliphatic carbocycles. The molecule has 1 aromatic rings. The van der Waals surface area contributed by atoms with E-state index in [1.165, 1.54) is 0 Å². The number of hydrogen-bond donors (Lipinski definition) is 1. The minimum Gasteiger partial charge on any atom is -0.378 e. The summed E-state index contributed by atoms with van der Waals surface area (Å²) >= 11 is 0. The smallest absolute Gasteiger partial charge is 0.353 e. The number of anilines is 3. The fraction of sp³-hybridized carbons (Fsp3) is 0.750. The number of piperidine rings is 1. The van der Waals surface area contributed by atoms with Crippen molar-refractivity contribution in [3.63, 3.8) is 0 Å². The van der Waals surface area contributed by atoms with E-state index >= 15 is 0 Å². The van der Waals surface area contributed by atoms with Crippen LogP contribution in [-0.2, 0) is 4.74 Å². The number of nitrogen functional groups attached to an aromatic ring is 1. The van der Waals surface area contributed by atoms with Crippen LogP contribution >= 0.6 is 0 Å². The molecular weight excluding hydrogens is 324 g/mol. The Hall–Kier alpha value is -2.16. The van der Waals surface area contributed by atoms with E-state index in [1.807, 2.05) is 18.7 Å². The summed E-state index contributed by atoms with van der Waals surface area (Å²) in [6.07, 6.45) is 2.06. The molecule has 138 valence electrons. The van der Waals surface area contributed by atoms with E-state index in [0.29, 0.717) is 30.8 Å². The molecule has 9 heteroatoms. The number of hydrogen-bond acceptors (Lipinski definition) is 8. The molecule has 3 heterocycles. The van der Waals surface area contributed by atoms with Crippen molar-refractivity contribution < 1.29 is 9.66 Å². The summed E-state index contributed by atoms with van der Waals surface area (Å²) in [5.41, 5.74) is 5.74. The standard InChI is InChI=1S/C16H26N6O3/c1-10-4-6-20(7-5-10)16-18-14(17)13(22(23)24)15(19-16)21-8-11(2)25-12(3)9-21/h10-12H,4-9H2,1-3H3,(H2,17,18,19). The predicted octanol–water partition coefficient (Wildman–Crippen LogP) is 1.82. The zero-order chi connectivity index (χ0) is 18.1. The third-order valence-electron chi connectivity index (χ3n) is 4.85. The van der Waals surface area contributed by atoms with E-state index in [9.17, 15) is 10.1 Å². The van der Waals surface area contributed by atoms with Crippen LogP contribution in [0.5, 0.6) is 0 Å². The van der Waals surface area contributed by atoms with Gasteiger partial charge in [0.1, 0.15) is 0 Å². The maximum absolute atomic E-state index is 11.6. The largest absolute Gasteiger partial charge is 0.378 e. The molecule has 3 rings (SSSR count). The summed E-state index contributed by atoms with van der Waals surface area (Å²) in [7, 11) is 0. The lowest BCUT2D eigenvalue weighted by Gasteiger charge is -2.36. The third kappa shape index (κ3) is 3.76. The van der Waals surface area contributed by atoms with Crippen molar-refractivity contribution in [1.29, 1.82) is 0 Å². The third-order valence-corrected chi connectivity index (χ3v) is 4.85. The Morgan fingerprint density at radius 3 is 2.28 bits per heavy atom. The van der Waals surface area contributed by atoms with Crippen LogP contribution in [0.3, 0.4) is 0 Å². The van der Waals surface area contributed by atoms with Gasteiger partial charge in [-0.3, -0.25) is 10.1 Å². The van der Waals surface area contributed by atoms with Gasteiger partial charge in [0.2, 0.25) is 17.6 Å². The highest BCUT2D eigenvalue weighted by molar-refractivity contribution is 5.71. The molecule has 0 radical (unpaired) electrons. The Morgan fingerprint density at radius 1 is 1.12 bits per heavy atom. The Balaban J connectivity index is 1.97. The summed E-state index contributed by atoms with van der Waals surface area (Å²) in [6.45, 7) is 8.89. The van der Waals surface area contributed by atoms with Gasteiger partial charge in [0.25, 0.3) is 0 Å². The summed E-state index contributed by atoms with van der Waals surface area (Å²) in [4.78, 5) is 23.8. The summed E-state index contributed by atoms with van der Waals surface area (Å²) in [5.74, 6) is 1.38. The first kappa shape index (κ1) is 17.7. The molecule has 1 aromatic heterocycles. The van der Waals surface area contributed by atoms with Gasteiger partial charge >= 0.3 is 5.69 Å². The summed E-state index contributed by atoms with van der Waals surface area (Å²) < 4.78 is 5.73. The second-order valence-corrected chi connectivity index (χ2v) is 7.17. The van der Waals surface area contributed by atoms with Crippen LogP contribution < -0.4 is 15.5 Å². The van der Waals surface area contributed by atoms with Gasteiger partial charge in [-0.2, -0.15) is 9.97 Å². The van der Waals surface area contributed by atoms with E-state index in [4.69, 9.17) is 10.5 Å². The summed E-state index contributed by atoms with van der Waals surface area (Å²) in [5, 5.41) is 11.6. The topological polar surface area (TPSA) is 111 Å². The Kier molecular flexibility index (Phi) is 4.94. The molecular formula is C16H26N6O3. The van der Waals surface area contributed by atoms with Gasteiger partial charge < -0.3 is 20.3 Å². The number of aromatic nitrogens is 2. The first-order valence-corrected chi connectivity index (χ1v) is 8.82. The van der Waals surface area contributed by atoms with Crippen molar-refractivity contribution in [2.45, 2.75) is 45.8 Å². The highest BCUT2D eigenvalue weighted by Gasteiger charge is 2.33. The van der Waals surface area contributed by atoms with Crippen LogP contribution in [0.4, 0.5) is 23.3 Å². The molecule has 2 fully saturated rings. The van der Waals surface area contributed by atoms with E-state index in [1.54, 1.807) is 0 Å². The van der Waals surface area contributed by atoms with Gasteiger partial charge in [-0.1, -0.05) is 6.92 Å². The quantitative estimate of drug-likeness (QED) is 0.649. The fourth-order valence-corrected chi connectivity index (χ4v) is 3.54. The van der Waals surface area contributed by atoms with E-state index in [2.05, 4.69) is 21.8 Å². The predicted molar refractivity (Wildman–Crippen MR) is 95.9 cm³/mol. The van der Waals surface area contributed by atoms with Crippen molar-refractivity contribution in [3.8, 4) is 0 Å². The van der Waals surface area contributed by atoms with Gasteiger partial charge in [-0.05, 0) is 32.6 Å². The monoisotopic (exact) mass is 350 g/mol. The maximum Gasteiger partial charge on any atom is 0.353 e. The van der Waals surface area contributed by atoms with Crippen molar-refractivity contribution in [3.05, 3.63) is 10.1 Å². The molecule has 0 bridgehead atoms. The van der Waals surface area contributed by atoms with Gasteiger partial charge in [-0.15, -0.1) is 0 Å². The second kappa shape index (κ2) is 6.99. The van der Waals surface area contributed by atoms with Crippen LogP contribution in [0.25, 0.3) is 0 Å². The molecule has 2 unspecified atom stereocenters. The zero-order valence-electron chi connectivity index (χ0n) is 15.0. The second-order valence-electron chi connectivity index (χ2n) is 7.17. The van der Waals surface area contributed by atoms with E-state index in [0.717, 1.165) is 25.9 Å². The fourth-order valence-electron chi connectivity index (χ4n) is 3.54. The molecule has 2 atom stereocenters. The minimum atomic E-state index is -0.489. The van der Waals surface area contributed by atoms with Crippen LogP contribution in [0.15, 0.2) is 0 Å². The first-order chi connectivity index (χ1) is 11.8.